The number of halogens is 2. The Kier molecular flexibility index (Phi) is 3.49. The lowest BCUT2D eigenvalue weighted by Gasteiger charge is -2.10. The van der Waals surface area contributed by atoms with Crippen LogP contribution in [-0.4, -0.2) is 22.8 Å². The van der Waals surface area contributed by atoms with Crippen LogP contribution >= 0.6 is 0 Å². The second-order valence-corrected chi connectivity index (χ2v) is 3.73. The van der Waals surface area contributed by atoms with Gasteiger partial charge in [-0.15, -0.1) is 0 Å². The Morgan fingerprint density at radius 3 is 2.53 bits per heavy atom. The highest BCUT2D eigenvalue weighted by atomic mass is 19.3. The second kappa shape index (κ2) is 5.05. The van der Waals surface area contributed by atoms with Crippen molar-refractivity contribution in [2.45, 2.75) is 12.3 Å². The van der Waals surface area contributed by atoms with Gasteiger partial charge in [0.05, 0.1) is 17.8 Å². The van der Waals surface area contributed by atoms with Gasteiger partial charge in [0.2, 0.25) is 6.43 Å². The Balaban J connectivity index is 2.27. The topological polar surface area (TPSA) is 43.8 Å². The average molecular weight is 237 g/mol. The Bertz CT molecular complexity index is 468. The summed E-state index contributed by atoms with van der Waals surface area (Å²) < 4.78 is 26.9. The lowest BCUT2D eigenvalue weighted by molar-refractivity contribution is 0.117. The first-order chi connectivity index (χ1) is 8.22. The van der Waals surface area contributed by atoms with Gasteiger partial charge >= 0.3 is 0 Å². The molecule has 0 saturated carbocycles. The fraction of sp³-hybridized carbons (Fsp3) is 0.250. The lowest BCUT2D eigenvalue weighted by Crippen LogP contribution is -2.19. The highest BCUT2D eigenvalue weighted by Gasteiger charge is 2.22. The van der Waals surface area contributed by atoms with Gasteiger partial charge in [-0.3, -0.25) is 0 Å². The van der Waals surface area contributed by atoms with Crippen LogP contribution in [0.2, 0.25) is 0 Å². The zero-order valence-electron chi connectivity index (χ0n) is 9.13. The van der Waals surface area contributed by atoms with E-state index in [1.54, 1.807) is 10.9 Å². The molecular formula is C12H13F2N3. The van der Waals surface area contributed by atoms with Crippen LogP contribution in [0.1, 0.15) is 11.5 Å². The first kappa shape index (κ1) is 11.7. The third-order valence-electron chi connectivity index (χ3n) is 2.61. The summed E-state index contributed by atoms with van der Waals surface area (Å²) in [7, 11) is 0. The van der Waals surface area contributed by atoms with E-state index in [1.165, 1.54) is 6.20 Å². The molecule has 1 atom stereocenters. The van der Waals surface area contributed by atoms with E-state index in [-0.39, 0.29) is 6.54 Å². The molecule has 0 spiro atoms. The van der Waals surface area contributed by atoms with E-state index >= 15 is 0 Å². The molecule has 1 heterocycles. The van der Waals surface area contributed by atoms with Gasteiger partial charge in [-0.1, -0.05) is 18.2 Å². The number of nitrogens with two attached hydrogens (primary N) is 1. The first-order valence-corrected chi connectivity index (χ1v) is 5.30. The molecule has 17 heavy (non-hydrogen) atoms. The second-order valence-electron chi connectivity index (χ2n) is 3.73. The van der Waals surface area contributed by atoms with Crippen LogP contribution in [0, 0.1) is 0 Å². The van der Waals surface area contributed by atoms with Gasteiger partial charge < -0.3 is 5.73 Å². The zero-order valence-corrected chi connectivity index (χ0v) is 9.13. The SMILES string of the molecule is NCC(c1cnn(-c2ccccc2)c1)C(F)F. The van der Waals surface area contributed by atoms with Crippen molar-refractivity contribution in [3.05, 3.63) is 48.3 Å². The molecule has 2 aromatic rings. The summed E-state index contributed by atoms with van der Waals surface area (Å²) in [4.78, 5) is 0. The summed E-state index contributed by atoms with van der Waals surface area (Å²) in [6, 6.07) is 9.33. The van der Waals surface area contributed by atoms with E-state index in [2.05, 4.69) is 5.10 Å². The summed E-state index contributed by atoms with van der Waals surface area (Å²) in [5.41, 5.74) is 6.64. The minimum absolute atomic E-state index is 0.0852. The van der Waals surface area contributed by atoms with Crippen LogP contribution in [-0.2, 0) is 0 Å². The first-order valence-electron chi connectivity index (χ1n) is 5.30. The molecule has 0 amide bonds. The molecule has 3 nitrogen and oxygen atoms in total. The number of alkyl halides is 2. The number of aromatic nitrogens is 2. The summed E-state index contributed by atoms with van der Waals surface area (Å²) in [6.45, 7) is -0.0852. The van der Waals surface area contributed by atoms with Crippen molar-refractivity contribution in [2.24, 2.45) is 5.73 Å². The van der Waals surface area contributed by atoms with Gasteiger partial charge in [-0.2, -0.15) is 5.10 Å². The predicted molar refractivity (Wildman–Crippen MR) is 61.4 cm³/mol. The van der Waals surface area contributed by atoms with Gasteiger partial charge in [0.1, 0.15) is 0 Å². The van der Waals surface area contributed by atoms with Gasteiger partial charge in [0, 0.05) is 18.3 Å². The number of benzene rings is 1. The molecule has 0 radical (unpaired) electrons. The van der Waals surface area contributed by atoms with Crippen LogP contribution in [0.3, 0.4) is 0 Å². The molecule has 2 rings (SSSR count). The molecular weight excluding hydrogens is 224 g/mol. The summed E-state index contributed by atoms with van der Waals surface area (Å²) in [5, 5.41) is 4.07. The fourth-order valence-electron chi connectivity index (χ4n) is 1.63. The maximum Gasteiger partial charge on any atom is 0.246 e. The van der Waals surface area contributed by atoms with Crippen LogP contribution < -0.4 is 5.73 Å². The van der Waals surface area contributed by atoms with E-state index in [0.717, 1.165) is 5.69 Å². The lowest BCUT2D eigenvalue weighted by atomic mass is 10.0. The number of hydrogen-bond donors (Lipinski definition) is 1. The number of hydrogen-bond acceptors (Lipinski definition) is 2. The molecule has 1 aromatic carbocycles. The summed E-state index contributed by atoms with van der Waals surface area (Å²) >= 11 is 0. The summed E-state index contributed by atoms with van der Waals surface area (Å²) in [5.74, 6) is -0.951. The number of nitrogens with zero attached hydrogens (tertiary/aromatic N) is 2. The normalized spacial score (nSPS) is 12.9. The van der Waals surface area contributed by atoms with Crippen molar-refractivity contribution in [2.75, 3.05) is 6.54 Å². The zero-order chi connectivity index (χ0) is 12.3. The van der Waals surface area contributed by atoms with Crippen molar-refractivity contribution in [3.63, 3.8) is 0 Å². The van der Waals surface area contributed by atoms with Crippen molar-refractivity contribution in [1.82, 2.24) is 9.78 Å². The van der Waals surface area contributed by atoms with Crippen LogP contribution in [0.4, 0.5) is 8.78 Å². The molecule has 2 N–H and O–H groups in total. The van der Waals surface area contributed by atoms with Gasteiger partial charge in [0.25, 0.3) is 0 Å². The highest BCUT2D eigenvalue weighted by molar-refractivity contribution is 5.31. The van der Waals surface area contributed by atoms with E-state index in [1.807, 2.05) is 30.3 Å². The Labute approximate surface area is 97.9 Å². The van der Waals surface area contributed by atoms with E-state index in [9.17, 15) is 8.78 Å². The predicted octanol–water partition coefficient (Wildman–Crippen LogP) is 2.18. The number of rotatable bonds is 4. The molecule has 1 unspecified atom stereocenters. The van der Waals surface area contributed by atoms with Crippen molar-refractivity contribution < 1.29 is 8.78 Å². The Morgan fingerprint density at radius 2 is 1.94 bits per heavy atom. The van der Waals surface area contributed by atoms with Crippen LogP contribution in [0.25, 0.3) is 5.69 Å². The average Bonchev–Trinajstić information content (AvgIpc) is 2.80. The molecule has 90 valence electrons. The highest BCUT2D eigenvalue weighted by Crippen LogP contribution is 2.22. The molecule has 1 aromatic heterocycles. The van der Waals surface area contributed by atoms with E-state index < -0.39 is 12.3 Å². The van der Waals surface area contributed by atoms with Crippen molar-refractivity contribution in [3.8, 4) is 5.69 Å². The summed E-state index contributed by atoms with van der Waals surface area (Å²) in [6.07, 6.45) is 0.573. The van der Waals surface area contributed by atoms with Gasteiger partial charge in [0.15, 0.2) is 0 Å². The monoisotopic (exact) mass is 237 g/mol. The van der Waals surface area contributed by atoms with Crippen LogP contribution in [0.15, 0.2) is 42.7 Å². The Morgan fingerprint density at radius 1 is 1.24 bits per heavy atom. The molecule has 0 aliphatic heterocycles. The third-order valence-corrected chi connectivity index (χ3v) is 2.61. The van der Waals surface area contributed by atoms with E-state index in [0.29, 0.717) is 5.56 Å². The quantitative estimate of drug-likeness (QED) is 0.885. The molecule has 0 saturated heterocycles. The fourth-order valence-corrected chi connectivity index (χ4v) is 1.63. The molecule has 0 bridgehead atoms. The molecule has 0 aliphatic carbocycles. The standard InChI is InChI=1S/C12H13F2N3/c13-12(14)11(6-15)9-7-16-17(8-9)10-4-2-1-3-5-10/h1-5,7-8,11-12H,6,15H2. The van der Waals surface area contributed by atoms with Gasteiger partial charge in [-0.05, 0) is 12.1 Å². The van der Waals surface area contributed by atoms with E-state index in [4.69, 9.17) is 5.73 Å². The largest absolute Gasteiger partial charge is 0.330 e. The molecule has 0 fully saturated rings. The van der Waals surface area contributed by atoms with Gasteiger partial charge in [-0.25, -0.2) is 13.5 Å². The third kappa shape index (κ3) is 2.50. The maximum absolute atomic E-state index is 12.7. The Hall–Kier alpha value is -1.75. The molecule has 0 aliphatic rings. The number of para-hydroxylation sites is 1. The molecule has 5 heteroatoms. The van der Waals surface area contributed by atoms with Crippen LogP contribution in [0.5, 0.6) is 0 Å². The van der Waals surface area contributed by atoms with Crippen molar-refractivity contribution >= 4 is 0 Å². The van der Waals surface area contributed by atoms with Crippen molar-refractivity contribution in [1.29, 1.82) is 0 Å². The maximum atomic E-state index is 12.7. The smallest absolute Gasteiger partial charge is 0.246 e. The minimum Gasteiger partial charge on any atom is -0.330 e. The minimum atomic E-state index is -2.46.